The van der Waals surface area contributed by atoms with Crippen molar-refractivity contribution >= 4 is 11.4 Å². The quantitative estimate of drug-likeness (QED) is 0.209. The molecule has 3 aromatic carbocycles. The summed E-state index contributed by atoms with van der Waals surface area (Å²) in [5, 5.41) is 0. The van der Waals surface area contributed by atoms with E-state index in [4.69, 9.17) is 11.5 Å². The van der Waals surface area contributed by atoms with Gasteiger partial charge in [-0.1, -0.05) is 0 Å². The highest BCUT2D eigenvalue weighted by Crippen LogP contribution is 2.51. The molecule has 0 atom stereocenters. The van der Waals surface area contributed by atoms with Crippen LogP contribution >= 0.6 is 0 Å². The molecule has 0 saturated carbocycles. The first-order valence-corrected chi connectivity index (χ1v) is 8.98. The highest BCUT2D eigenvalue weighted by Gasteiger charge is 2.45. The van der Waals surface area contributed by atoms with E-state index in [1.54, 1.807) is 0 Å². The van der Waals surface area contributed by atoms with Crippen LogP contribution < -0.4 is 20.9 Å². The summed E-state index contributed by atoms with van der Waals surface area (Å²) in [5.41, 5.74) is 2.03. The normalized spacial score (nSPS) is 12.1. The van der Waals surface area contributed by atoms with Crippen molar-refractivity contribution in [1.29, 1.82) is 0 Å². The van der Waals surface area contributed by atoms with Gasteiger partial charge in [0.2, 0.25) is 0 Å². The Morgan fingerprint density at radius 3 is 1.42 bits per heavy atom. The van der Waals surface area contributed by atoms with E-state index in [2.05, 4.69) is 9.47 Å². The second-order valence-electron chi connectivity index (χ2n) is 6.81. The first kappa shape index (κ1) is 26.6. The number of ether oxygens (including phenoxy) is 2. The van der Waals surface area contributed by atoms with Gasteiger partial charge in [0.05, 0.1) is 5.56 Å². The Bertz CT molecular complexity index is 1350. The fourth-order valence-electron chi connectivity index (χ4n) is 2.82. The van der Waals surface area contributed by atoms with Crippen molar-refractivity contribution in [3.8, 4) is 23.0 Å². The fraction of sp³-hybridized carbons (Fsp3) is 0.100. The van der Waals surface area contributed by atoms with Crippen molar-refractivity contribution in [2.75, 3.05) is 11.5 Å². The van der Waals surface area contributed by atoms with Gasteiger partial charge in [0.1, 0.15) is 22.7 Å². The predicted octanol–water partition coefficient (Wildman–Crippen LogP) is 7.31. The SMILES string of the molecule is Nc1c(F)c(F)cc(Oc2ccc(C(F)(F)F)c(Oc3cc(F)c(F)c(N)c3F)c2C(F)(F)F)c1F. The molecule has 0 fully saturated rings. The smallest absolute Gasteiger partial charge is 0.423 e. The lowest BCUT2D eigenvalue weighted by atomic mass is 10.1. The first-order chi connectivity index (χ1) is 16.4. The van der Waals surface area contributed by atoms with Gasteiger partial charge in [-0.2, -0.15) is 26.3 Å². The molecule has 0 spiro atoms. The lowest BCUT2D eigenvalue weighted by molar-refractivity contribution is -0.145. The van der Waals surface area contributed by atoms with Crippen molar-refractivity contribution in [1.82, 2.24) is 0 Å². The minimum absolute atomic E-state index is 0.0192. The third kappa shape index (κ3) is 4.74. The van der Waals surface area contributed by atoms with Gasteiger partial charge in [-0.25, -0.2) is 26.3 Å². The summed E-state index contributed by atoms with van der Waals surface area (Å²) in [4.78, 5) is 0. The summed E-state index contributed by atoms with van der Waals surface area (Å²) in [6.45, 7) is 0. The summed E-state index contributed by atoms with van der Waals surface area (Å²) >= 11 is 0. The Hall–Kier alpha value is -3.98. The van der Waals surface area contributed by atoms with E-state index in [0.29, 0.717) is 0 Å². The van der Waals surface area contributed by atoms with Crippen LogP contribution in [0.15, 0.2) is 24.3 Å². The molecule has 3 aromatic rings. The van der Waals surface area contributed by atoms with Crippen LogP contribution in [0.5, 0.6) is 23.0 Å². The predicted molar refractivity (Wildman–Crippen MR) is 98.1 cm³/mol. The summed E-state index contributed by atoms with van der Waals surface area (Å²) in [5.74, 6) is -18.9. The van der Waals surface area contributed by atoms with Gasteiger partial charge in [-0.15, -0.1) is 0 Å². The van der Waals surface area contributed by atoms with Gasteiger partial charge in [0.25, 0.3) is 0 Å². The number of alkyl halides is 6. The zero-order valence-electron chi connectivity index (χ0n) is 16.8. The zero-order valence-corrected chi connectivity index (χ0v) is 16.8. The molecule has 0 heterocycles. The number of halogens is 12. The lowest BCUT2D eigenvalue weighted by Crippen LogP contribution is -2.16. The molecule has 4 nitrogen and oxygen atoms in total. The van der Waals surface area contributed by atoms with Crippen molar-refractivity contribution in [3.63, 3.8) is 0 Å². The van der Waals surface area contributed by atoms with Gasteiger partial charge in [0, 0.05) is 12.1 Å². The van der Waals surface area contributed by atoms with Gasteiger partial charge < -0.3 is 20.9 Å². The van der Waals surface area contributed by atoms with E-state index in [1.165, 1.54) is 0 Å². The van der Waals surface area contributed by atoms with Gasteiger partial charge >= 0.3 is 12.4 Å². The highest BCUT2D eigenvalue weighted by molar-refractivity contribution is 5.58. The minimum atomic E-state index is -5.84. The van der Waals surface area contributed by atoms with Crippen LogP contribution in [0.25, 0.3) is 0 Å². The fourth-order valence-corrected chi connectivity index (χ4v) is 2.82. The molecule has 36 heavy (non-hydrogen) atoms. The van der Waals surface area contributed by atoms with Gasteiger partial charge in [-0.05, 0) is 12.1 Å². The molecule has 16 heteroatoms. The molecule has 0 saturated heterocycles. The Morgan fingerprint density at radius 1 is 0.556 bits per heavy atom. The molecule has 0 aliphatic carbocycles. The average Bonchev–Trinajstić information content (AvgIpc) is 2.76. The number of hydrogen-bond donors (Lipinski definition) is 2. The summed E-state index contributed by atoms with van der Waals surface area (Å²) in [7, 11) is 0. The second kappa shape index (κ2) is 8.91. The first-order valence-electron chi connectivity index (χ1n) is 8.98. The molecule has 0 aromatic heterocycles. The molecule has 0 aliphatic rings. The van der Waals surface area contributed by atoms with E-state index in [1.807, 2.05) is 0 Å². The van der Waals surface area contributed by atoms with Crippen LogP contribution in [0.2, 0.25) is 0 Å². The van der Waals surface area contributed by atoms with Crippen molar-refractivity contribution < 1.29 is 62.2 Å². The highest BCUT2D eigenvalue weighted by atomic mass is 19.4. The molecule has 0 radical (unpaired) electrons. The van der Waals surface area contributed by atoms with Crippen LogP contribution in [0, 0.1) is 34.9 Å². The number of rotatable bonds is 4. The maximum absolute atomic E-state index is 14.2. The third-order valence-electron chi connectivity index (χ3n) is 4.45. The molecular formula is C20H8F12N2O2. The Kier molecular flexibility index (Phi) is 6.59. The maximum Gasteiger partial charge on any atom is 0.423 e. The Balaban J connectivity index is 2.32. The third-order valence-corrected chi connectivity index (χ3v) is 4.45. The average molecular weight is 536 g/mol. The number of hydrogen-bond acceptors (Lipinski definition) is 4. The van der Waals surface area contributed by atoms with Crippen molar-refractivity contribution in [2.24, 2.45) is 0 Å². The molecule has 4 N–H and O–H groups in total. The van der Waals surface area contributed by atoms with Crippen LogP contribution in [-0.2, 0) is 12.4 Å². The number of nitrogens with two attached hydrogens (primary N) is 2. The topological polar surface area (TPSA) is 70.5 Å². The number of benzene rings is 3. The molecule has 0 bridgehead atoms. The molecule has 3 rings (SSSR count). The van der Waals surface area contributed by atoms with Gasteiger partial charge in [-0.3, -0.25) is 0 Å². The van der Waals surface area contributed by atoms with E-state index >= 15 is 0 Å². The number of anilines is 2. The van der Waals surface area contributed by atoms with Crippen LogP contribution in [0.3, 0.4) is 0 Å². The van der Waals surface area contributed by atoms with Crippen molar-refractivity contribution in [3.05, 3.63) is 70.3 Å². The Morgan fingerprint density at radius 2 is 1.00 bits per heavy atom. The molecule has 194 valence electrons. The van der Waals surface area contributed by atoms with E-state index < -0.39 is 92.8 Å². The molecule has 0 unspecified atom stereocenters. The van der Waals surface area contributed by atoms with Crippen LogP contribution in [-0.4, -0.2) is 0 Å². The van der Waals surface area contributed by atoms with Crippen LogP contribution in [0.4, 0.5) is 64.1 Å². The van der Waals surface area contributed by atoms with Crippen LogP contribution in [0.1, 0.15) is 11.1 Å². The number of nitrogen functional groups attached to an aromatic ring is 2. The summed E-state index contributed by atoms with van der Waals surface area (Å²) < 4.78 is 174. The molecular weight excluding hydrogens is 528 g/mol. The molecule has 0 amide bonds. The summed E-state index contributed by atoms with van der Waals surface area (Å²) in [6, 6.07) is -0.368. The van der Waals surface area contributed by atoms with Gasteiger partial charge in [0.15, 0.2) is 52.2 Å². The molecule has 0 aliphatic heterocycles. The van der Waals surface area contributed by atoms with E-state index in [9.17, 15) is 52.7 Å². The summed E-state index contributed by atoms with van der Waals surface area (Å²) in [6.07, 6.45) is -11.5. The monoisotopic (exact) mass is 536 g/mol. The standard InChI is InChI=1S/C20H8F12N2O2/c21-6-3-9(14(25)16(33)12(6)23)35-8-2-1-5(19(27,28)29)18(11(8)20(30,31)32)36-10-4-7(22)13(24)17(34)15(10)26/h1-4H,33-34H2. The second-order valence-corrected chi connectivity index (χ2v) is 6.81. The lowest BCUT2D eigenvalue weighted by Gasteiger charge is -2.22. The minimum Gasteiger partial charge on any atom is -0.453 e. The van der Waals surface area contributed by atoms with E-state index in [0.717, 1.165) is 0 Å². The zero-order chi connectivity index (χ0) is 27.3. The largest absolute Gasteiger partial charge is 0.453 e. The van der Waals surface area contributed by atoms with E-state index in [-0.39, 0.29) is 24.3 Å². The Labute approximate surface area is 191 Å². The maximum atomic E-state index is 14.2. The van der Waals surface area contributed by atoms with Crippen molar-refractivity contribution in [2.45, 2.75) is 12.4 Å².